The number of hydrogen-bond acceptors (Lipinski definition) is 5. The Bertz CT molecular complexity index is 674. The fourth-order valence-corrected chi connectivity index (χ4v) is 2.89. The largest absolute Gasteiger partial charge is 0.482 e. The van der Waals surface area contributed by atoms with Gasteiger partial charge in [-0.05, 0) is 43.9 Å². The SMILES string of the molecule is O=C(COc1cccnc1)NC1CCC(Oc2ccc(Cl)cn2)CC1. The molecule has 3 rings (SSSR count). The van der Waals surface area contributed by atoms with Crippen molar-refractivity contribution in [2.45, 2.75) is 37.8 Å². The number of amides is 1. The van der Waals surface area contributed by atoms with Gasteiger partial charge in [-0.25, -0.2) is 4.98 Å². The number of pyridine rings is 2. The van der Waals surface area contributed by atoms with E-state index in [0.717, 1.165) is 25.7 Å². The third kappa shape index (κ3) is 5.60. The minimum absolute atomic E-state index is 0.00316. The maximum atomic E-state index is 12.0. The van der Waals surface area contributed by atoms with E-state index in [1.54, 1.807) is 42.9 Å². The Balaban J connectivity index is 1.37. The van der Waals surface area contributed by atoms with E-state index in [9.17, 15) is 4.79 Å². The van der Waals surface area contributed by atoms with Gasteiger partial charge in [0.2, 0.25) is 5.88 Å². The lowest BCUT2D eigenvalue weighted by Gasteiger charge is -2.29. The fourth-order valence-electron chi connectivity index (χ4n) is 2.78. The van der Waals surface area contributed by atoms with Gasteiger partial charge in [0.1, 0.15) is 11.9 Å². The van der Waals surface area contributed by atoms with E-state index in [4.69, 9.17) is 21.1 Å². The molecule has 1 aliphatic rings. The maximum absolute atomic E-state index is 12.0. The molecule has 1 N–H and O–H groups in total. The number of nitrogens with one attached hydrogen (secondary N) is 1. The first-order valence-electron chi connectivity index (χ1n) is 8.29. The van der Waals surface area contributed by atoms with Crippen molar-refractivity contribution in [2.75, 3.05) is 6.61 Å². The van der Waals surface area contributed by atoms with Crippen LogP contribution in [0, 0.1) is 0 Å². The third-order valence-corrected chi connectivity index (χ3v) is 4.25. The van der Waals surface area contributed by atoms with Crippen LogP contribution in [0.25, 0.3) is 0 Å². The molecule has 0 saturated heterocycles. The third-order valence-electron chi connectivity index (χ3n) is 4.03. The summed E-state index contributed by atoms with van der Waals surface area (Å²) in [7, 11) is 0. The molecule has 0 radical (unpaired) electrons. The van der Waals surface area contributed by atoms with Gasteiger partial charge in [-0.15, -0.1) is 0 Å². The molecule has 132 valence electrons. The molecule has 2 aromatic rings. The van der Waals surface area contributed by atoms with Gasteiger partial charge in [0.15, 0.2) is 6.61 Å². The number of carbonyl (C=O) groups is 1. The van der Waals surface area contributed by atoms with Gasteiger partial charge < -0.3 is 14.8 Å². The highest BCUT2D eigenvalue weighted by molar-refractivity contribution is 6.30. The predicted molar refractivity (Wildman–Crippen MR) is 93.8 cm³/mol. The molecule has 6 nitrogen and oxygen atoms in total. The summed E-state index contributed by atoms with van der Waals surface area (Å²) >= 11 is 5.81. The number of rotatable bonds is 6. The monoisotopic (exact) mass is 361 g/mol. The van der Waals surface area contributed by atoms with Crippen LogP contribution in [0.5, 0.6) is 11.6 Å². The van der Waals surface area contributed by atoms with Gasteiger partial charge in [-0.1, -0.05) is 11.6 Å². The lowest BCUT2D eigenvalue weighted by Crippen LogP contribution is -2.41. The van der Waals surface area contributed by atoms with Crippen LogP contribution in [-0.4, -0.2) is 34.6 Å². The number of carbonyl (C=O) groups excluding carboxylic acids is 1. The molecule has 1 fully saturated rings. The topological polar surface area (TPSA) is 73.3 Å². The first-order chi connectivity index (χ1) is 12.2. The molecular formula is C18H20ClN3O3. The molecule has 0 atom stereocenters. The second-order valence-electron chi connectivity index (χ2n) is 5.95. The van der Waals surface area contributed by atoms with Crippen molar-refractivity contribution in [3.63, 3.8) is 0 Å². The molecule has 0 aromatic carbocycles. The maximum Gasteiger partial charge on any atom is 0.258 e. The summed E-state index contributed by atoms with van der Waals surface area (Å²) in [6, 6.07) is 7.23. The standard InChI is InChI=1S/C18H20ClN3O3/c19-13-3-8-18(21-10-13)25-15-6-4-14(5-7-15)22-17(23)12-24-16-2-1-9-20-11-16/h1-3,8-11,14-15H,4-7,12H2,(H,22,23). The van der Waals surface area contributed by atoms with E-state index in [2.05, 4.69) is 15.3 Å². The Morgan fingerprint density at radius 3 is 2.72 bits per heavy atom. The normalized spacial score (nSPS) is 19.9. The van der Waals surface area contributed by atoms with Crippen molar-refractivity contribution in [2.24, 2.45) is 0 Å². The van der Waals surface area contributed by atoms with E-state index in [-0.39, 0.29) is 24.7 Å². The Kier molecular flexibility index (Phi) is 6.06. The Hall–Kier alpha value is -2.34. The number of ether oxygens (including phenoxy) is 2. The summed E-state index contributed by atoms with van der Waals surface area (Å²) < 4.78 is 11.3. The smallest absolute Gasteiger partial charge is 0.258 e. The molecule has 0 spiro atoms. The lowest BCUT2D eigenvalue weighted by atomic mass is 9.93. The molecule has 7 heteroatoms. The van der Waals surface area contributed by atoms with Crippen LogP contribution < -0.4 is 14.8 Å². The number of hydrogen-bond donors (Lipinski definition) is 1. The van der Waals surface area contributed by atoms with Crippen molar-refractivity contribution >= 4 is 17.5 Å². The highest BCUT2D eigenvalue weighted by Gasteiger charge is 2.24. The van der Waals surface area contributed by atoms with Gasteiger partial charge in [-0.3, -0.25) is 9.78 Å². The Morgan fingerprint density at radius 1 is 1.20 bits per heavy atom. The second kappa shape index (κ2) is 8.67. The molecule has 1 aliphatic carbocycles. The number of halogens is 1. The molecule has 1 saturated carbocycles. The molecule has 2 heterocycles. The lowest BCUT2D eigenvalue weighted by molar-refractivity contribution is -0.124. The van der Waals surface area contributed by atoms with Gasteiger partial charge in [0.05, 0.1) is 11.2 Å². The van der Waals surface area contributed by atoms with E-state index in [0.29, 0.717) is 16.7 Å². The zero-order valence-electron chi connectivity index (χ0n) is 13.7. The minimum Gasteiger partial charge on any atom is -0.482 e. The Morgan fingerprint density at radius 2 is 2.04 bits per heavy atom. The van der Waals surface area contributed by atoms with Crippen LogP contribution in [-0.2, 0) is 4.79 Å². The average Bonchev–Trinajstić information content (AvgIpc) is 2.64. The zero-order chi connectivity index (χ0) is 17.5. The number of aromatic nitrogens is 2. The van der Waals surface area contributed by atoms with Crippen LogP contribution in [0.1, 0.15) is 25.7 Å². The van der Waals surface area contributed by atoms with Crippen molar-refractivity contribution < 1.29 is 14.3 Å². The summed E-state index contributed by atoms with van der Waals surface area (Å²) in [5.74, 6) is 1.06. The minimum atomic E-state index is -0.118. The average molecular weight is 362 g/mol. The summed E-state index contributed by atoms with van der Waals surface area (Å²) in [4.78, 5) is 20.1. The summed E-state index contributed by atoms with van der Waals surface area (Å²) in [5, 5.41) is 3.60. The quantitative estimate of drug-likeness (QED) is 0.856. The summed E-state index contributed by atoms with van der Waals surface area (Å²) in [5.41, 5.74) is 0. The van der Waals surface area contributed by atoms with Gasteiger partial charge in [-0.2, -0.15) is 0 Å². The van der Waals surface area contributed by atoms with Crippen molar-refractivity contribution in [1.29, 1.82) is 0 Å². The van der Waals surface area contributed by atoms with E-state index < -0.39 is 0 Å². The van der Waals surface area contributed by atoms with Crippen molar-refractivity contribution in [1.82, 2.24) is 15.3 Å². The Labute approximate surface area is 151 Å². The molecule has 0 aliphatic heterocycles. The van der Waals surface area contributed by atoms with Crippen molar-refractivity contribution in [3.8, 4) is 11.6 Å². The zero-order valence-corrected chi connectivity index (χ0v) is 14.5. The molecule has 1 amide bonds. The summed E-state index contributed by atoms with van der Waals surface area (Å²) in [6.07, 6.45) is 8.43. The molecule has 25 heavy (non-hydrogen) atoms. The fraction of sp³-hybridized carbons (Fsp3) is 0.389. The van der Waals surface area contributed by atoms with E-state index in [1.807, 2.05) is 0 Å². The highest BCUT2D eigenvalue weighted by atomic mass is 35.5. The van der Waals surface area contributed by atoms with Crippen LogP contribution >= 0.6 is 11.6 Å². The van der Waals surface area contributed by atoms with E-state index >= 15 is 0 Å². The van der Waals surface area contributed by atoms with Crippen LogP contribution in [0.4, 0.5) is 0 Å². The van der Waals surface area contributed by atoms with Gasteiger partial charge in [0, 0.05) is 24.5 Å². The van der Waals surface area contributed by atoms with Crippen LogP contribution in [0.3, 0.4) is 0 Å². The first-order valence-corrected chi connectivity index (χ1v) is 8.67. The van der Waals surface area contributed by atoms with Crippen LogP contribution in [0.15, 0.2) is 42.9 Å². The second-order valence-corrected chi connectivity index (χ2v) is 6.39. The predicted octanol–water partition coefficient (Wildman–Crippen LogP) is 3.02. The summed E-state index contributed by atoms with van der Waals surface area (Å²) in [6.45, 7) is -0.00316. The molecule has 2 aromatic heterocycles. The number of nitrogens with zero attached hydrogens (tertiary/aromatic N) is 2. The van der Waals surface area contributed by atoms with Gasteiger partial charge >= 0.3 is 0 Å². The highest BCUT2D eigenvalue weighted by Crippen LogP contribution is 2.23. The van der Waals surface area contributed by atoms with Crippen LogP contribution in [0.2, 0.25) is 5.02 Å². The van der Waals surface area contributed by atoms with Gasteiger partial charge in [0.25, 0.3) is 5.91 Å². The first kappa shape index (κ1) is 17.5. The van der Waals surface area contributed by atoms with Crippen molar-refractivity contribution in [3.05, 3.63) is 47.9 Å². The van der Waals surface area contributed by atoms with E-state index in [1.165, 1.54) is 0 Å². The molecule has 0 bridgehead atoms. The molecular weight excluding hydrogens is 342 g/mol. The molecule has 0 unspecified atom stereocenters.